The summed E-state index contributed by atoms with van der Waals surface area (Å²) < 4.78 is 75.1. The Morgan fingerprint density at radius 3 is 2.46 bits per heavy atom. The van der Waals surface area contributed by atoms with Crippen molar-refractivity contribution >= 4 is 38.4 Å². The van der Waals surface area contributed by atoms with Gasteiger partial charge in [-0.2, -0.15) is 15.1 Å². The first-order chi connectivity index (χ1) is 27.4. The smallest absolute Gasteiger partial charge is 0.319 e. The number of fused-ring (bicyclic) bond motifs is 6. The number of piperazine rings is 1. The Hall–Kier alpha value is -4.71. The minimum atomic E-state index is -2.58. The second-order valence-electron chi connectivity index (χ2n) is 17.8. The van der Waals surface area contributed by atoms with E-state index in [1.807, 2.05) is 6.20 Å². The molecular weight excluding hydrogens is 739 g/mol. The van der Waals surface area contributed by atoms with Crippen LogP contribution in [0.1, 0.15) is 44.1 Å². The predicted molar refractivity (Wildman–Crippen MR) is 207 cm³/mol. The quantitative estimate of drug-likeness (QED) is 0.133. The van der Waals surface area contributed by atoms with E-state index in [9.17, 15) is 13.9 Å². The zero-order valence-electron chi connectivity index (χ0n) is 31.7. The summed E-state index contributed by atoms with van der Waals surface area (Å²) in [5.74, 6) is -0.527. The van der Waals surface area contributed by atoms with Crippen molar-refractivity contribution in [3.63, 3.8) is 0 Å². The van der Waals surface area contributed by atoms with Crippen molar-refractivity contribution in [1.82, 2.24) is 29.5 Å². The van der Waals surface area contributed by atoms with Crippen LogP contribution in [0.3, 0.4) is 0 Å². The van der Waals surface area contributed by atoms with Crippen LogP contribution in [-0.2, 0) is 11.8 Å². The summed E-state index contributed by atoms with van der Waals surface area (Å²) in [5.41, 5.74) is -0.601. The molecule has 4 saturated heterocycles. The monoisotopic (exact) mass is 781 g/mol. The third-order valence-corrected chi connectivity index (χ3v) is 13.8. The zero-order valence-corrected chi connectivity index (χ0v) is 31.7. The molecule has 57 heavy (non-hydrogen) atoms. The number of rotatable bonds is 9. The fourth-order valence-electron chi connectivity index (χ4n) is 10.5. The Labute approximate surface area is 326 Å². The van der Waals surface area contributed by atoms with Gasteiger partial charge in [-0.05, 0) is 67.8 Å². The first-order valence-corrected chi connectivity index (χ1v) is 20.0. The summed E-state index contributed by atoms with van der Waals surface area (Å²) in [5, 5.41) is 17.5. The molecule has 3 unspecified atom stereocenters. The summed E-state index contributed by atoms with van der Waals surface area (Å²) in [4.78, 5) is 16.9. The number of halogens is 4. The summed E-state index contributed by atoms with van der Waals surface area (Å²) in [6.45, 7) is 6.16. The van der Waals surface area contributed by atoms with Crippen molar-refractivity contribution in [1.29, 1.82) is 0 Å². The van der Waals surface area contributed by atoms with E-state index in [4.69, 9.17) is 31.0 Å². The maximum atomic E-state index is 17.8. The normalized spacial score (nSPS) is 26.5. The number of hydrogen-bond acceptors (Lipinski definition) is 9. The number of ether oxygens (including phenoxy) is 2. The van der Waals surface area contributed by atoms with Gasteiger partial charge in [0.1, 0.15) is 28.4 Å². The average Bonchev–Trinajstić information content (AvgIpc) is 3.83. The van der Waals surface area contributed by atoms with Gasteiger partial charge in [-0.1, -0.05) is 12.0 Å². The first kappa shape index (κ1) is 35.5. The number of likely N-dealkylation sites (tertiary alicyclic amines) is 2. The maximum Gasteiger partial charge on any atom is 0.319 e. The molecule has 2 aromatic heterocycles. The lowest BCUT2D eigenvalue weighted by Crippen LogP contribution is -2.56. The van der Waals surface area contributed by atoms with Crippen LogP contribution in [0.2, 0.25) is 0 Å². The number of hydrogen-bond donors (Lipinski definition) is 1. The summed E-state index contributed by atoms with van der Waals surface area (Å²) in [6, 6.07) is 5.89. The molecule has 11 rings (SSSR count). The number of aromatic nitrogens is 4. The highest BCUT2D eigenvalue weighted by Gasteiger charge is 2.72. The number of alkyl halides is 2. The number of phenolic OH excluding ortho intramolecular Hbond substituents is 1. The number of phenols is 1. The number of aryl methyl sites for hydroxylation is 1. The highest BCUT2D eigenvalue weighted by molar-refractivity contribution is 6.18. The zero-order chi connectivity index (χ0) is 39.0. The summed E-state index contributed by atoms with van der Waals surface area (Å²) in [7, 11) is 1.76. The average molecular weight is 782 g/mol. The maximum absolute atomic E-state index is 17.8. The Kier molecular flexibility index (Phi) is 7.71. The highest BCUT2D eigenvalue weighted by atomic mass is 19.3. The van der Waals surface area contributed by atoms with Gasteiger partial charge >= 0.3 is 6.01 Å². The van der Waals surface area contributed by atoms with E-state index >= 15 is 8.78 Å². The minimum Gasteiger partial charge on any atom is -0.508 e. The molecule has 1 spiro atoms. The molecular formula is C43H43F4N7O3. The topological polar surface area (TPSA) is 92.0 Å². The molecule has 1 N–H and O–H groups in total. The Bertz CT molecular complexity index is 2530. The molecule has 3 atom stereocenters. The number of terminal acetylenes is 1. The molecule has 0 radical (unpaired) electrons. The van der Waals surface area contributed by atoms with Crippen molar-refractivity contribution in [3.8, 4) is 35.2 Å². The lowest BCUT2D eigenvalue weighted by molar-refractivity contribution is -0.0484. The molecule has 4 aliphatic heterocycles. The lowest BCUT2D eigenvalue weighted by Gasteiger charge is -2.44. The highest BCUT2D eigenvalue weighted by Crippen LogP contribution is 2.65. The standard InChI is InChI=1S/C43H43F4N7O3/c1-3-29-32(44)7-4-25-12-28(55)13-30(33(25)29)34-36(45)38-35(31-17-51(2)50-37(31)34)39(54-26-5-6-27(54)16-53(15-26)14-24-18-56-19-24)49-40(48-38)57-23-41(8-9-41)21-52-11-10-42(22-52)20-43(42,46)47/h1,4,7,12-13,17,24,26-27,55H,5-6,8-11,14-16,18-23H2,2H3. The van der Waals surface area contributed by atoms with Gasteiger partial charge in [0.15, 0.2) is 5.82 Å². The van der Waals surface area contributed by atoms with E-state index in [-0.39, 0.29) is 69.9 Å². The van der Waals surface area contributed by atoms with Crippen molar-refractivity contribution in [2.45, 2.75) is 56.5 Å². The SMILES string of the molecule is C#Cc1c(F)ccc2cc(O)cc(-c3c(F)c4nc(OCC5(CN6CCC7(C6)CC7(F)F)CC5)nc(N5C6CCC5CN(CC5COC5)C6)c4c4cn(C)nc34)c12. The molecule has 6 fully saturated rings. The molecule has 3 aromatic carbocycles. The van der Waals surface area contributed by atoms with E-state index in [0.29, 0.717) is 59.5 Å². The first-order valence-electron chi connectivity index (χ1n) is 20.0. The fourth-order valence-corrected chi connectivity index (χ4v) is 10.5. The largest absolute Gasteiger partial charge is 0.508 e. The Morgan fingerprint density at radius 2 is 1.79 bits per heavy atom. The molecule has 2 saturated carbocycles. The van der Waals surface area contributed by atoms with Gasteiger partial charge in [0.2, 0.25) is 0 Å². The van der Waals surface area contributed by atoms with Crippen molar-refractivity contribution in [2.24, 2.45) is 23.8 Å². The van der Waals surface area contributed by atoms with Crippen LogP contribution in [0.15, 0.2) is 30.5 Å². The molecule has 6 aliphatic rings. The third kappa shape index (κ3) is 5.59. The van der Waals surface area contributed by atoms with Gasteiger partial charge < -0.3 is 24.4 Å². The number of nitrogens with zero attached hydrogens (tertiary/aromatic N) is 7. The van der Waals surface area contributed by atoms with Crippen LogP contribution in [0.4, 0.5) is 23.4 Å². The molecule has 6 heterocycles. The van der Waals surface area contributed by atoms with Crippen molar-refractivity contribution in [2.75, 3.05) is 64.0 Å². The van der Waals surface area contributed by atoms with Gasteiger partial charge in [0.05, 0.1) is 36.2 Å². The molecule has 2 aliphatic carbocycles. The van der Waals surface area contributed by atoms with Crippen LogP contribution in [0, 0.1) is 40.7 Å². The lowest BCUT2D eigenvalue weighted by atomic mass is 9.91. The second kappa shape index (κ2) is 12.4. The van der Waals surface area contributed by atoms with E-state index in [1.165, 1.54) is 24.3 Å². The summed E-state index contributed by atoms with van der Waals surface area (Å²) >= 11 is 0. The second-order valence-corrected chi connectivity index (χ2v) is 17.8. The van der Waals surface area contributed by atoms with Gasteiger partial charge in [0.25, 0.3) is 5.92 Å². The minimum absolute atomic E-state index is 0.0244. The molecule has 5 aromatic rings. The molecule has 2 bridgehead atoms. The fraction of sp³-hybridized carbons (Fsp3) is 0.512. The molecule has 0 amide bonds. The Balaban J connectivity index is 1.04. The number of anilines is 1. The van der Waals surface area contributed by atoms with Crippen LogP contribution < -0.4 is 9.64 Å². The molecule has 14 heteroatoms. The van der Waals surface area contributed by atoms with E-state index < -0.39 is 23.0 Å². The Morgan fingerprint density at radius 1 is 1.02 bits per heavy atom. The van der Waals surface area contributed by atoms with Crippen molar-refractivity contribution < 1.29 is 32.1 Å². The van der Waals surface area contributed by atoms with Crippen LogP contribution in [-0.4, -0.2) is 112 Å². The van der Waals surface area contributed by atoms with Crippen LogP contribution in [0.25, 0.3) is 43.7 Å². The van der Waals surface area contributed by atoms with Gasteiger partial charge in [-0.15, -0.1) is 6.42 Å². The van der Waals surface area contributed by atoms with Crippen LogP contribution >= 0.6 is 0 Å². The van der Waals surface area contributed by atoms with Gasteiger partial charge in [0, 0.05) is 92.1 Å². The van der Waals surface area contributed by atoms with Gasteiger partial charge in [-0.25, -0.2) is 17.6 Å². The van der Waals surface area contributed by atoms with Gasteiger partial charge in [-0.3, -0.25) is 9.58 Å². The molecule has 296 valence electrons. The molecule has 10 nitrogen and oxygen atoms in total. The van der Waals surface area contributed by atoms with E-state index in [0.717, 1.165) is 58.5 Å². The predicted octanol–water partition coefficient (Wildman–Crippen LogP) is 6.49. The van der Waals surface area contributed by atoms with E-state index in [1.54, 1.807) is 11.7 Å². The summed E-state index contributed by atoms with van der Waals surface area (Å²) in [6.07, 6.45) is 11.8. The number of benzene rings is 3. The number of aromatic hydroxyl groups is 1. The van der Waals surface area contributed by atoms with Crippen molar-refractivity contribution in [3.05, 3.63) is 47.7 Å². The van der Waals surface area contributed by atoms with Crippen LogP contribution in [0.5, 0.6) is 11.8 Å². The third-order valence-electron chi connectivity index (χ3n) is 13.8. The van der Waals surface area contributed by atoms with E-state index in [2.05, 4.69) is 20.6 Å².